The second-order valence-corrected chi connectivity index (χ2v) is 6.50. The molecule has 140 valence electrons. The van der Waals surface area contributed by atoms with E-state index in [1.165, 1.54) is 5.01 Å². The van der Waals surface area contributed by atoms with Gasteiger partial charge in [-0.3, -0.25) is 14.4 Å². The van der Waals surface area contributed by atoms with E-state index in [1.54, 1.807) is 0 Å². The number of hydrogen-bond donors (Lipinski definition) is 2. The number of benzene rings is 1. The maximum atomic E-state index is 12.3. The van der Waals surface area contributed by atoms with Gasteiger partial charge < -0.3 is 10.4 Å². The number of amides is 2. The lowest BCUT2D eigenvalue weighted by Crippen LogP contribution is -2.39. The zero-order chi connectivity index (χ0) is 19.1. The summed E-state index contributed by atoms with van der Waals surface area (Å²) in [6.45, 7) is 4.32. The molecule has 26 heavy (non-hydrogen) atoms. The predicted molar refractivity (Wildman–Crippen MR) is 99.2 cm³/mol. The number of aliphatic carboxylic acids is 1. The first-order valence-electron chi connectivity index (χ1n) is 8.86. The monoisotopic (exact) mass is 359 g/mol. The minimum Gasteiger partial charge on any atom is -0.481 e. The Hall–Kier alpha value is -2.70. The number of rotatable bonds is 8. The number of hydrazone groups is 1. The van der Waals surface area contributed by atoms with Crippen molar-refractivity contribution in [1.82, 2.24) is 5.32 Å². The number of carbonyl (C=O) groups is 3. The van der Waals surface area contributed by atoms with Gasteiger partial charge in [-0.25, -0.2) is 5.01 Å². The number of hydrogen-bond acceptors (Lipinski definition) is 4. The van der Waals surface area contributed by atoms with Gasteiger partial charge in [0.25, 0.3) is 5.91 Å². The molecule has 1 aromatic carbocycles. The van der Waals surface area contributed by atoms with Crippen LogP contribution in [0.15, 0.2) is 23.3 Å². The van der Waals surface area contributed by atoms with Crippen molar-refractivity contribution in [3.05, 3.63) is 29.3 Å². The quantitative estimate of drug-likeness (QED) is 0.697. The van der Waals surface area contributed by atoms with Crippen molar-refractivity contribution in [3.63, 3.8) is 0 Å². The van der Waals surface area contributed by atoms with Gasteiger partial charge in [-0.2, -0.15) is 5.10 Å². The Balaban J connectivity index is 1.96. The second-order valence-electron chi connectivity index (χ2n) is 6.50. The van der Waals surface area contributed by atoms with Crippen LogP contribution in [0.2, 0.25) is 0 Å². The molecule has 2 amide bonds. The zero-order valence-electron chi connectivity index (χ0n) is 15.2. The maximum Gasteiger partial charge on any atom is 0.303 e. The molecule has 1 heterocycles. The maximum absolute atomic E-state index is 12.3. The van der Waals surface area contributed by atoms with Crippen molar-refractivity contribution in [1.29, 1.82) is 0 Å². The molecule has 0 spiro atoms. The summed E-state index contributed by atoms with van der Waals surface area (Å²) < 4.78 is 0. The van der Waals surface area contributed by atoms with Gasteiger partial charge in [0.1, 0.15) is 5.71 Å². The van der Waals surface area contributed by atoms with Crippen molar-refractivity contribution in [2.45, 2.75) is 52.4 Å². The van der Waals surface area contributed by atoms with Gasteiger partial charge in [-0.05, 0) is 43.9 Å². The zero-order valence-corrected chi connectivity index (χ0v) is 15.2. The van der Waals surface area contributed by atoms with Crippen molar-refractivity contribution < 1.29 is 19.5 Å². The van der Waals surface area contributed by atoms with Crippen LogP contribution in [0.4, 0.5) is 5.69 Å². The summed E-state index contributed by atoms with van der Waals surface area (Å²) in [7, 11) is 0. The third kappa shape index (κ3) is 5.40. The van der Waals surface area contributed by atoms with E-state index in [0.29, 0.717) is 37.2 Å². The Kier molecular flexibility index (Phi) is 6.89. The fourth-order valence-electron chi connectivity index (χ4n) is 2.73. The highest BCUT2D eigenvalue weighted by Crippen LogP contribution is 2.25. The third-order valence-corrected chi connectivity index (χ3v) is 4.24. The molecule has 0 aliphatic carbocycles. The first-order chi connectivity index (χ1) is 12.4. The van der Waals surface area contributed by atoms with Gasteiger partial charge in [0, 0.05) is 25.8 Å². The van der Waals surface area contributed by atoms with E-state index in [1.807, 2.05) is 32.0 Å². The summed E-state index contributed by atoms with van der Waals surface area (Å²) in [6.07, 6.45) is 2.77. The van der Waals surface area contributed by atoms with Gasteiger partial charge in [-0.1, -0.05) is 18.6 Å². The fraction of sp³-hybridized carbons (Fsp3) is 0.474. The summed E-state index contributed by atoms with van der Waals surface area (Å²) in [6, 6.07) is 5.79. The summed E-state index contributed by atoms with van der Waals surface area (Å²) in [4.78, 5) is 35.0. The molecule has 1 aliphatic rings. The van der Waals surface area contributed by atoms with Crippen LogP contribution in [0.5, 0.6) is 0 Å². The number of carbonyl (C=O) groups excluding carboxylic acids is 2. The molecule has 0 aromatic heterocycles. The molecule has 0 unspecified atom stereocenters. The Bertz CT molecular complexity index is 727. The van der Waals surface area contributed by atoms with E-state index in [-0.39, 0.29) is 24.7 Å². The minimum absolute atomic E-state index is 0.121. The standard InChI is InChI=1S/C19H25N3O4/c1-13-7-8-14(2)16(12-13)22-17(23)10-9-15(21-22)19(26)20-11-5-3-4-6-18(24)25/h7-8,12H,3-6,9-11H2,1-2H3,(H,20,26)(H,24,25). The number of anilines is 1. The topological polar surface area (TPSA) is 99.1 Å². The van der Waals surface area contributed by atoms with Crippen LogP contribution in [-0.2, 0) is 14.4 Å². The molecule has 7 heteroatoms. The van der Waals surface area contributed by atoms with Gasteiger partial charge in [0.15, 0.2) is 0 Å². The Morgan fingerprint density at radius 1 is 1.19 bits per heavy atom. The van der Waals surface area contributed by atoms with Gasteiger partial charge in [-0.15, -0.1) is 0 Å². The Morgan fingerprint density at radius 3 is 2.69 bits per heavy atom. The first kappa shape index (κ1) is 19.6. The lowest BCUT2D eigenvalue weighted by Gasteiger charge is -2.24. The normalized spacial score (nSPS) is 14.2. The van der Waals surface area contributed by atoms with Crippen LogP contribution in [0.1, 0.15) is 49.7 Å². The number of unbranched alkanes of at least 4 members (excludes halogenated alkanes) is 2. The van der Waals surface area contributed by atoms with E-state index in [9.17, 15) is 14.4 Å². The molecule has 0 saturated heterocycles. The molecule has 0 fully saturated rings. The number of aryl methyl sites for hydroxylation is 2. The van der Waals surface area contributed by atoms with Crippen LogP contribution < -0.4 is 10.3 Å². The van der Waals surface area contributed by atoms with Crippen LogP contribution in [-0.4, -0.2) is 35.1 Å². The van der Waals surface area contributed by atoms with Gasteiger partial charge >= 0.3 is 5.97 Å². The van der Waals surface area contributed by atoms with Crippen molar-refractivity contribution in [3.8, 4) is 0 Å². The average molecular weight is 359 g/mol. The fourth-order valence-corrected chi connectivity index (χ4v) is 2.73. The average Bonchev–Trinajstić information content (AvgIpc) is 2.60. The highest BCUT2D eigenvalue weighted by molar-refractivity contribution is 6.40. The summed E-state index contributed by atoms with van der Waals surface area (Å²) >= 11 is 0. The van der Waals surface area contributed by atoms with E-state index >= 15 is 0 Å². The van der Waals surface area contributed by atoms with Gasteiger partial charge in [0.2, 0.25) is 5.91 Å². The van der Waals surface area contributed by atoms with Crippen molar-refractivity contribution >= 4 is 29.2 Å². The summed E-state index contributed by atoms with van der Waals surface area (Å²) in [5.41, 5.74) is 2.99. The smallest absolute Gasteiger partial charge is 0.303 e. The predicted octanol–water partition coefficient (Wildman–Crippen LogP) is 2.55. The first-order valence-corrected chi connectivity index (χ1v) is 8.86. The van der Waals surface area contributed by atoms with Crippen LogP contribution in [0.25, 0.3) is 0 Å². The summed E-state index contributed by atoms with van der Waals surface area (Å²) in [5.74, 6) is -1.20. The molecule has 0 saturated carbocycles. The molecule has 2 rings (SSSR count). The van der Waals surface area contributed by atoms with E-state index in [4.69, 9.17) is 5.11 Å². The largest absolute Gasteiger partial charge is 0.481 e. The number of carboxylic acid groups (broad SMARTS) is 1. The van der Waals surface area contributed by atoms with Crippen LogP contribution in [0.3, 0.4) is 0 Å². The molecule has 1 aromatic rings. The Morgan fingerprint density at radius 2 is 1.96 bits per heavy atom. The molecule has 7 nitrogen and oxygen atoms in total. The number of nitrogens with one attached hydrogen (secondary N) is 1. The molecular weight excluding hydrogens is 334 g/mol. The van der Waals surface area contributed by atoms with Crippen LogP contribution in [0, 0.1) is 13.8 Å². The van der Waals surface area contributed by atoms with E-state index in [2.05, 4.69) is 10.4 Å². The highest BCUT2D eigenvalue weighted by atomic mass is 16.4. The van der Waals surface area contributed by atoms with Crippen molar-refractivity contribution in [2.75, 3.05) is 11.6 Å². The van der Waals surface area contributed by atoms with Gasteiger partial charge in [0.05, 0.1) is 5.69 Å². The van der Waals surface area contributed by atoms with Crippen molar-refractivity contribution in [2.24, 2.45) is 5.10 Å². The number of nitrogens with zero attached hydrogens (tertiary/aromatic N) is 2. The molecule has 0 radical (unpaired) electrons. The number of carboxylic acids is 1. The summed E-state index contributed by atoms with van der Waals surface area (Å²) in [5, 5.41) is 17.0. The molecule has 2 N–H and O–H groups in total. The van der Waals surface area contributed by atoms with E-state index < -0.39 is 5.97 Å². The minimum atomic E-state index is -0.804. The molecule has 0 atom stereocenters. The second kappa shape index (κ2) is 9.12. The van der Waals surface area contributed by atoms with E-state index in [0.717, 1.165) is 17.5 Å². The van der Waals surface area contributed by atoms with Crippen LogP contribution >= 0.6 is 0 Å². The lowest BCUT2D eigenvalue weighted by molar-refractivity contribution is -0.137. The lowest BCUT2D eigenvalue weighted by atomic mass is 10.1. The SMILES string of the molecule is Cc1ccc(C)c(N2N=C(C(=O)NCCCCCC(=O)O)CCC2=O)c1. The molecule has 0 bridgehead atoms. The highest BCUT2D eigenvalue weighted by Gasteiger charge is 2.26. The molecule has 1 aliphatic heterocycles. The third-order valence-electron chi connectivity index (χ3n) is 4.24. The molecular formula is C19H25N3O4. The Labute approximate surface area is 153 Å².